The smallest absolute Gasteiger partial charge is 0.390 e. The fourth-order valence-electron chi connectivity index (χ4n) is 8.88. The number of fused-ring (bicyclic) bond motifs is 3. The van der Waals surface area contributed by atoms with E-state index in [1.54, 1.807) is 18.2 Å². The quantitative estimate of drug-likeness (QED) is 0.286. The summed E-state index contributed by atoms with van der Waals surface area (Å²) < 4.78 is 27.2. The molecule has 2 N–H and O–H groups in total. The number of hydrogen-bond acceptors (Lipinski definition) is 7. The number of H-pyrrole nitrogens is 1. The molecular formula is C33H35Cl2FN4O5. The standard InChI is InChI=1S/C33H35Cl2FN4O5/c1-31(2)8-10-32(11-9-31)15-20(23(41)13-17-3-6-24(44-16-17)28-39-40-30(43)45-28)25(19-7-12-37-27(35)26(19)36)33(32)21-5-4-18(34)14-22(21)38-29(33)42/h4-5,7,12,14,17,20,24-25H,3,6,8-11,13,15-16H2,1-2H3,(H,38,42)(H,40,43)/t17-,20-,24-,25-,33+/m0/s1. The van der Waals surface area contributed by atoms with E-state index in [0.717, 1.165) is 31.2 Å². The van der Waals surface area contributed by atoms with Gasteiger partial charge < -0.3 is 14.5 Å². The minimum atomic E-state index is -1.21. The molecule has 3 aromatic rings. The van der Waals surface area contributed by atoms with Crippen molar-refractivity contribution in [1.82, 2.24) is 15.2 Å². The van der Waals surface area contributed by atoms with Crippen molar-refractivity contribution in [2.45, 2.75) is 82.7 Å². The number of ketones is 1. The number of carbonyl (C=O) groups is 2. The van der Waals surface area contributed by atoms with Crippen molar-refractivity contribution in [1.29, 1.82) is 0 Å². The van der Waals surface area contributed by atoms with E-state index >= 15 is 4.39 Å². The predicted octanol–water partition coefficient (Wildman–Crippen LogP) is 6.91. The van der Waals surface area contributed by atoms with Crippen LogP contribution in [0.2, 0.25) is 10.2 Å². The van der Waals surface area contributed by atoms with Crippen molar-refractivity contribution >= 4 is 40.6 Å². The molecule has 12 heteroatoms. The number of Topliss-reactive ketones (excluding diaryl/α,β-unsaturated/α-hetero) is 1. The van der Waals surface area contributed by atoms with Gasteiger partial charge in [-0.3, -0.25) is 9.59 Å². The van der Waals surface area contributed by atoms with Crippen LogP contribution in [-0.4, -0.2) is 33.5 Å². The summed E-state index contributed by atoms with van der Waals surface area (Å²) in [5.74, 6) is -2.94. The van der Waals surface area contributed by atoms with Crippen molar-refractivity contribution in [3.05, 3.63) is 74.0 Å². The zero-order valence-electron chi connectivity index (χ0n) is 25.1. The normalized spacial score (nSPS) is 30.0. The Morgan fingerprint density at radius 2 is 1.89 bits per heavy atom. The molecule has 7 rings (SSSR count). The van der Waals surface area contributed by atoms with Gasteiger partial charge in [-0.15, -0.1) is 5.10 Å². The Kier molecular flexibility index (Phi) is 7.49. The van der Waals surface area contributed by atoms with Crippen LogP contribution >= 0.6 is 23.2 Å². The first-order chi connectivity index (χ1) is 21.4. The highest BCUT2D eigenvalue weighted by Crippen LogP contribution is 2.72. The van der Waals surface area contributed by atoms with E-state index in [1.807, 2.05) is 6.07 Å². The van der Waals surface area contributed by atoms with Gasteiger partial charge in [0.2, 0.25) is 11.8 Å². The minimum absolute atomic E-state index is 0.0259. The largest absolute Gasteiger partial charge is 0.434 e. The van der Waals surface area contributed by atoms with Gasteiger partial charge in [0, 0.05) is 35.2 Å². The third kappa shape index (κ3) is 4.86. The van der Waals surface area contributed by atoms with Crippen molar-refractivity contribution in [2.24, 2.45) is 22.7 Å². The number of anilines is 1. The van der Waals surface area contributed by atoms with E-state index in [9.17, 15) is 14.4 Å². The predicted molar refractivity (Wildman–Crippen MR) is 165 cm³/mol. The Balaban J connectivity index is 1.30. The summed E-state index contributed by atoms with van der Waals surface area (Å²) in [5.41, 5.74) is -0.121. The van der Waals surface area contributed by atoms with Crippen LogP contribution in [0.3, 0.4) is 0 Å². The number of aromatic nitrogens is 3. The number of amides is 1. The van der Waals surface area contributed by atoms with Gasteiger partial charge in [0.15, 0.2) is 11.0 Å². The number of rotatable bonds is 5. The SMILES string of the molecule is CC1(C)CCC2(CC1)C[C@@H](C(=O)C[C@@H]1CC[C@@H](c3n[nH]c(=O)o3)OC1)[C@H](c1ccnc(Cl)c1F)[C@]21C(=O)Nc2cc(Cl)ccc21. The van der Waals surface area contributed by atoms with Crippen LogP contribution in [0.1, 0.15) is 94.3 Å². The van der Waals surface area contributed by atoms with E-state index in [-0.39, 0.29) is 52.7 Å². The maximum absolute atomic E-state index is 16.1. The summed E-state index contributed by atoms with van der Waals surface area (Å²) in [6, 6.07) is 6.96. The van der Waals surface area contributed by atoms with Crippen molar-refractivity contribution in [2.75, 3.05) is 11.9 Å². The molecule has 2 aliphatic carbocycles. The van der Waals surface area contributed by atoms with Gasteiger partial charge in [0.1, 0.15) is 11.9 Å². The summed E-state index contributed by atoms with van der Waals surface area (Å²) in [6.07, 6.45) is 6.03. The average Bonchev–Trinajstić information content (AvgIpc) is 3.65. The molecule has 0 unspecified atom stereocenters. The molecule has 2 spiro atoms. The van der Waals surface area contributed by atoms with Crippen LogP contribution in [0.15, 0.2) is 39.7 Å². The number of nitrogens with one attached hydrogen (secondary N) is 2. The maximum atomic E-state index is 16.1. The van der Waals surface area contributed by atoms with Crippen molar-refractivity contribution in [3.8, 4) is 0 Å². The highest BCUT2D eigenvalue weighted by atomic mass is 35.5. The van der Waals surface area contributed by atoms with Crippen molar-refractivity contribution in [3.63, 3.8) is 0 Å². The lowest BCUT2D eigenvalue weighted by molar-refractivity contribution is -0.127. The topological polar surface area (TPSA) is 127 Å². The molecule has 0 bridgehead atoms. The maximum Gasteiger partial charge on any atom is 0.434 e. The minimum Gasteiger partial charge on any atom is -0.390 e. The lowest BCUT2D eigenvalue weighted by Crippen LogP contribution is -2.52. The summed E-state index contributed by atoms with van der Waals surface area (Å²) in [7, 11) is 0. The van der Waals surface area contributed by atoms with E-state index in [0.29, 0.717) is 30.0 Å². The molecule has 4 aliphatic rings. The second-order valence-electron chi connectivity index (χ2n) is 14.1. The summed E-state index contributed by atoms with van der Waals surface area (Å²) in [4.78, 5) is 44.5. The molecule has 45 heavy (non-hydrogen) atoms. The van der Waals surface area contributed by atoms with Gasteiger partial charge in [0.05, 0.1) is 12.0 Å². The number of hydrogen-bond donors (Lipinski definition) is 2. The Morgan fingerprint density at radius 3 is 2.58 bits per heavy atom. The molecule has 0 radical (unpaired) electrons. The first-order valence-corrected chi connectivity index (χ1v) is 16.3. The van der Waals surface area contributed by atoms with E-state index in [1.165, 1.54) is 6.20 Å². The molecule has 4 heterocycles. The zero-order valence-corrected chi connectivity index (χ0v) is 26.6. The van der Waals surface area contributed by atoms with E-state index in [4.69, 9.17) is 32.4 Å². The van der Waals surface area contributed by atoms with Crippen LogP contribution < -0.4 is 11.1 Å². The third-order valence-corrected chi connectivity index (χ3v) is 11.6. The summed E-state index contributed by atoms with van der Waals surface area (Å²) >= 11 is 12.7. The lowest BCUT2D eigenvalue weighted by Gasteiger charge is -2.51. The molecule has 2 aliphatic heterocycles. The van der Waals surface area contributed by atoms with Gasteiger partial charge in [-0.1, -0.05) is 43.1 Å². The highest BCUT2D eigenvalue weighted by Gasteiger charge is 2.72. The van der Waals surface area contributed by atoms with Gasteiger partial charge in [-0.25, -0.2) is 19.3 Å². The first kappa shape index (κ1) is 30.6. The molecule has 238 valence electrons. The van der Waals surface area contributed by atoms with Crippen LogP contribution in [0.4, 0.5) is 10.1 Å². The van der Waals surface area contributed by atoms with E-state index in [2.05, 4.69) is 34.3 Å². The third-order valence-electron chi connectivity index (χ3n) is 11.1. The van der Waals surface area contributed by atoms with Crippen molar-refractivity contribution < 1.29 is 23.1 Å². The fraction of sp³-hybridized carbons (Fsp3) is 0.545. The highest BCUT2D eigenvalue weighted by molar-refractivity contribution is 6.31. The van der Waals surface area contributed by atoms with Gasteiger partial charge >= 0.3 is 5.76 Å². The summed E-state index contributed by atoms with van der Waals surface area (Å²) in [6.45, 7) is 4.75. The van der Waals surface area contributed by atoms with Gasteiger partial charge in [-0.05, 0) is 91.0 Å². The number of halogens is 3. The summed E-state index contributed by atoms with van der Waals surface area (Å²) in [5, 5.41) is 9.43. The van der Waals surface area contributed by atoms with Crippen LogP contribution in [0.25, 0.3) is 0 Å². The molecule has 9 nitrogen and oxygen atoms in total. The van der Waals surface area contributed by atoms with Crippen LogP contribution in [0.5, 0.6) is 0 Å². The van der Waals surface area contributed by atoms with Gasteiger partial charge in [0.25, 0.3) is 0 Å². The Bertz CT molecular complexity index is 1720. The molecule has 1 amide bonds. The fourth-order valence-corrected chi connectivity index (χ4v) is 9.21. The second kappa shape index (κ2) is 11.0. The molecular weight excluding hydrogens is 622 g/mol. The number of aromatic amines is 1. The molecule has 5 atom stereocenters. The van der Waals surface area contributed by atoms with E-state index < -0.39 is 40.3 Å². The number of carbonyl (C=O) groups excluding carboxylic acids is 2. The first-order valence-electron chi connectivity index (χ1n) is 15.6. The molecule has 1 aromatic carbocycles. The van der Waals surface area contributed by atoms with Gasteiger partial charge in [-0.2, -0.15) is 0 Å². The monoisotopic (exact) mass is 656 g/mol. The number of ether oxygens (including phenoxy) is 1. The van der Waals surface area contributed by atoms with Crippen LogP contribution in [-0.2, 0) is 19.7 Å². The van der Waals surface area contributed by atoms with Crippen LogP contribution in [0, 0.1) is 28.5 Å². The number of nitrogens with zero attached hydrogens (tertiary/aromatic N) is 2. The molecule has 2 aromatic heterocycles. The molecule has 3 fully saturated rings. The Labute approximate surface area is 269 Å². The Hall–Kier alpha value is -3.08. The second-order valence-corrected chi connectivity index (χ2v) is 14.9. The molecule has 2 saturated carbocycles. The number of pyridine rings is 1. The molecule has 1 saturated heterocycles. The Morgan fingerprint density at radius 1 is 1.11 bits per heavy atom. The lowest BCUT2D eigenvalue weighted by atomic mass is 9.51. The average molecular weight is 658 g/mol. The number of benzene rings is 1. The zero-order chi connectivity index (χ0) is 31.7.